The van der Waals surface area contributed by atoms with Crippen molar-refractivity contribution in [1.29, 1.82) is 0 Å². The van der Waals surface area contributed by atoms with Crippen LogP contribution in [-0.2, 0) is 0 Å². The second kappa shape index (κ2) is 10.9. The quantitative estimate of drug-likeness (QED) is 0.334. The van der Waals surface area contributed by atoms with Crippen molar-refractivity contribution < 1.29 is 0 Å². The average molecular weight is 338 g/mol. The lowest BCUT2D eigenvalue weighted by Gasteiger charge is -2.14. The summed E-state index contributed by atoms with van der Waals surface area (Å²) in [6.07, 6.45) is 10.0. The highest BCUT2D eigenvalue weighted by Crippen LogP contribution is 2.20. The number of hydrogen-bond acceptors (Lipinski definition) is 0. The third kappa shape index (κ3) is 11.2. The summed E-state index contributed by atoms with van der Waals surface area (Å²) < 4.78 is 1.32. The SMILES string of the molecule is CC(C)CCCC(C)CCCC(C)CCI. The van der Waals surface area contributed by atoms with Gasteiger partial charge < -0.3 is 0 Å². The van der Waals surface area contributed by atoms with Gasteiger partial charge in [-0.15, -0.1) is 0 Å². The van der Waals surface area contributed by atoms with Crippen LogP contribution in [0.2, 0.25) is 0 Å². The van der Waals surface area contributed by atoms with Crippen molar-refractivity contribution in [1.82, 2.24) is 0 Å². The molecule has 0 rings (SSSR count). The molecule has 0 spiro atoms. The molecule has 0 amide bonds. The molecule has 0 bridgehead atoms. The molecule has 1 heteroatoms. The van der Waals surface area contributed by atoms with E-state index in [1.54, 1.807) is 0 Å². The number of rotatable bonds is 10. The Bertz CT molecular complexity index is 142. The Morgan fingerprint density at radius 1 is 0.688 bits per heavy atom. The Labute approximate surface area is 117 Å². The van der Waals surface area contributed by atoms with Crippen molar-refractivity contribution in [3.05, 3.63) is 0 Å². The zero-order chi connectivity index (χ0) is 12.4. The van der Waals surface area contributed by atoms with Crippen molar-refractivity contribution >= 4 is 22.6 Å². The molecular formula is C15H31I. The number of alkyl halides is 1. The molecule has 0 aliphatic heterocycles. The predicted octanol–water partition coefficient (Wildman–Crippen LogP) is 6.08. The van der Waals surface area contributed by atoms with Gasteiger partial charge in [-0.3, -0.25) is 0 Å². The Morgan fingerprint density at radius 2 is 1.12 bits per heavy atom. The van der Waals surface area contributed by atoms with E-state index >= 15 is 0 Å². The maximum absolute atomic E-state index is 2.49. The number of hydrogen-bond donors (Lipinski definition) is 0. The summed E-state index contributed by atoms with van der Waals surface area (Å²) in [4.78, 5) is 0. The summed E-state index contributed by atoms with van der Waals surface area (Å²) in [6, 6.07) is 0. The van der Waals surface area contributed by atoms with E-state index in [9.17, 15) is 0 Å². The van der Waals surface area contributed by atoms with E-state index < -0.39 is 0 Å². The van der Waals surface area contributed by atoms with E-state index in [4.69, 9.17) is 0 Å². The lowest BCUT2D eigenvalue weighted by atomic mass is 9.93. The molecule has 0 aromatic carbocycles. The first-order chi connectivity index (χ1) is 7.56. The monoisotopic (exact) mass is 338 g/mol. The van der Waals surface area contributed by atoms with Gasteiger partial charge in [0.2, 0.25) is 0 Å². The van der Waals surface area contributed by atoms with Gasteiger partial charge in [-0.25, -0.2) is 0 Å². The molecule has 0 nitrogen and oxygen atoms in total. The second-order valence-electron chi connectivity index (χ2n) is 5.94. The molecule has 0 fully saturated rings. The molecule has 0 aliphatic rings. The molecule has 0 N–H and O–H groups in total. The first-order valence-corrected chi connectivity index (χ1v) is 8.64. The average Bonchev–Trinajstić information content (AvgIpc) is 2.17. The molecule has 0 radical (unpaired) electrons. The Morgan fingerprint density at radius 3 is 1.56 bits per heavy atom. The van der Waals surface area contributed by atoms with E-state index in [0.717, 1.165) is 17.8 Å². The maximum Gasteiger partial charge on any atom is -0.000219 e. The van der Waals surface area contributed by atoms with Gasteiger partial charge in [0.15, 0.2) is 0 Å². The molecule has 0 saturated heterocycles. The van der Waals surface area contributed by atoms with Crippen LogP contribution < -0.4 is 0 Å². The maximum atomic E-state index is 2.49. The van der Waals surface area contributed by atoms with Crippen LogP contribution in [0.4, 0.5) is 0 Å². The fourth-order valence-corrected chi connectivity index (χ4v) is 3.23. The highest BCUT2D eigenvalue weighted by Gasteiger charge is 2.05. The fourth-order valence-electron chi connectivity index (χ4n) is 2.16. The van der Waals surface area contributed by atoms with Crippen LogP contribution in [0.3, 0.4) is 0 Å². The summed E-state index contributed by atoms with van der Waals surface area (Å²) in [6.45, 7) is 9.50. The smallest absolute Gasteiger partial charge is 0.000219 e. The van der Waals surface area contributed by atoms with E-state index in [1.165, 1.54) is 49.4 Å². The second-order valence-corrected chi connectivity index (χ2v) is 7.02. The lowest BCUT2D eigenvalue weighted by Crippen LogP contribution is -2.00. The number of halogens is 1. The van der Waals surface area contributed by atoms with Gasteiger partial charge in [-0.05, 0) is 28.6 Å². The molecule has 98 valence electrons. The molecule has 0 aliphatic carbocycles. The molecule has 2 unspecified atom stereocenters. The molecule has 0 aromatic rings. The van der Waals surface area contributed by atoms with Crippen LogP contribution in [0.5, 0.6) is 0 Å². The molecular weight excluding hydrogens is 307 g/mol. The first-order valence-electron chi connectivity index (χ1n) is 7.12. The Balaban J connectivity index is 3.32. The summed E-state index contributed by atoms with van der Waals surface area (Å²) in [7, 11) is 0. The molecule has 16 heavy (non-hydrogen) atoms. The van der Waals surface area contributed by atoms with E-state index in [2.05, 4.69) is 50.3 Å². The van der Waals surface area contributed by atoms with Gasteiger partial charge in [0.05, 0.1) is 0 Å². The van der Waals surface area contributed by atoms with Crippen molar-refractivity contribution in [3.63, 3.8) is 0 Å². The fraction of sp³-hybridized carbons (Fsp3) is 1.00. The van der Waals surface area contributed by atoms with E-state index in [0.29, 0.717) is 0 Å². The van der Waals surface area contributed by atoms with Crippen molar-refractivity contribution in [2.24, 2.45) is 17.8 Å². The first kappa shape index (κ1) is 16.7. The van der Waals surface area contributed by atoms with Crippen LogP contribution in [0.1, 0.15) is 72.6 Å². The van der Waals surface area contributed by atoms with Gasteiger partial charge >= 0.3 is 0 Å². The largest absolute Gasteiger partial charge is 0.0864 e. The van der Waals surface area contributed by atoms with Gasteiger partial charge in [-0.2, -0.15) is 0 Å². The van der Waals surface area contributed by atoms with Crippen LogP contribution in [-0.4, -0.2) is 4.43 Å². The Hall–Kier alpha value is 0.730. The van der Waals surface area contributed by atoms with Crippen molar-refractivity contribution in [2.75, 3.05) is 4.43 Å². The van der Waals surface area contributed by atoms with E-state index in [-0.39, 0.29) is 0 Å². The van der Waals surface area contributed by atoms with Crippen LogP contribution in [0.25, 0.3) is 0 Å². The summed E-state index contributed by atoms with van der Waals surface area (Å²) in [5, 5.41) is 0. The van der Waals surface area contributed by atoms with Crippen molar-refractivity contribution in [2.45, 2.75) is 72.6 Å². The van der Waals surface area contributed by atoms with Gasteiger partial charge in [0.25, 0.3) is 0 Å². The molecule has 2 atom stereocenters. The van der Waals surface area contributed by atoms with Gasteiger partial charge in [0, 0.05) is 0 Å². The standard InChI is InChI=1S/C15H31I/c1-13(2)7-5-8-14(3)9-6-10-15(4)11-12-16/h13-15H,5-12H2,1-4H3. The third-order valence-corrected chi connectivity index (χ3v) is 4.10. The summed E-state index contributed by atoms with van der Waals surface area (Å²) >= 11 is 2.49. The van der Waals surface area contributed by atoms with Gasteiger partial charge in [-0.1, -0.05) is 88.8 Å². The summed E-state index contributed by atoms with van der Waals surface area (Å²) in [5.41, 5.74) is 0. The van der Waals surface area contributed by atoms with E-state index in [1.807, 2.05) is 0 Å². The van der Waals surface area contributed by atoms with Crippen LogP contribution in [0.15, 0.2) is 0 Å². The van der Waals surface area contributed by atoms with Crippen molar-refractivity contribution in [3.8, 4) is 0 Å². The zero-order valence-corrected chi connectivity index (χ0v) is 13.9. The highest BCUT2D eigenvalue weighted by atomic mass is 127. The molecule has 0 heterocycles. The Kier molecular flexibility index (Phi) is 11.4. The molecule has 0 saturated carbocycles. The predicted molar refractivity (Wildman–Crippen MR) is 84.4 cm³/mol. The normalized spacial score (nSPS) is 15.4. The third-order valence-electron chi connectivity index (χ3n) is 3.47. The lowest BCUT2D eigenvalue weighted by molar-refractivity contribution is 0.398. The van der Waals surface area contributed by atoms with Crippen LogP contribution >= 0.6 is 22.6 Å². The topological polar surface area (TPSA) is 0 Å². The van der Waals surface area contributed by atoms with Crippen LogP contribution in [0, 0.1) is 17.8 Å². The molecule has 0 aromatic heterocycles. The minimum atomic E-state index is 0.885. The zero-order valence-electron chi connectivity index (χ0n) is 11.8. The highest BCUT2D eigenvalue weighted by molar-refractivity contribution is 14.1. The summed E-state index contributed by atoms with van der Waals surface area (Å²) in [5.74, 6) is 2.78. The minimum absolute atomic E-state index is 0.885. The minimum Gasteiger partial charge on any atom is -0.0864 e. The van der Waals surface area contributed by atoms with Gasteiger partial charge in [0.1, 0.15) is 0 Å².